The summed E-state index contributed by atoms with van der Waals surface area (Å²) in [5.41, 5.74) is -0.794. The molecule has 1 aliphatic carbocycles. The normalized spacial score (nSPS) is 59.0. The standard InChI is InChI=1S/C7H12O5/c8-3-1-7(2-12-7)6(11)5(10)4(3)9/h3-6,8-11H,1-2H2. The van der Waals surface area contributed by atoms with Crippen molar-refractivity contribution in [2.45, 2.75) is 36.4 Å². The zero-order chi connectivity index (χ0) is 8.93. The zero-order valence-electron chi connectivity index (χ0n) is 6.42. The summed E-state index contributed by atoms with van der Waals surface area (Å²) in [6.07, 6.45) is -4.49. The molecule has 0 amide bonds. The Morgan fingerprint density at radius 1 is 1.08 bits per heavy atom. The topological polar surface area (TPSA) is 93.5 Å². The first kappa shape index (κ1) is 8.40. The first-order chi connectivity index (χ1) is 5.57. The molecule has 1 aliphatic heterocycles. The van der Waals surface area contributed by atoms with E-state index in [1.54, 1.807) is 0 Å². The van der Waals surface area contributed by atoms with Gasteiger partial charge in [-0.15, -0.1) is 0 Å². The van der Waals surface area contributed by atoms with Crippen molar-refractivity contribution in [1.82, 2.24) is 0 Å². The van der Waals surface area contributed by atoms with Gasteiger partial charge in [-0.3, -0.25) is 0 Å². The Balaban J connectivity index is 2.15. The third kappa shape index (κ3) is 0.982. The fourth-order valence-electron chi connectivity index (χ4n) is 1.70. The van der Waals surface area contributed by atoms with E-state index in [2.05, 4.69) is 0 Å². The Kier molecular flexibility index (Phi) is 1.68. The Morgan fingerprint density at radius 2 is 1.67 bits per heavy atom. The SMILES string of the molecule is OC1CC2(CO2)C(O)C(O)C1O. The van der Waals surface area contributed by atoms with Gasteiger partial charge >= 0.3 is 0 Å². The maximum Gasteiger partial charge on any atom is 0.123 e. The molecule has 0 radical (unpaired) electrons. The van der Waals surface area contributed by atoms with Gasteiger partial charge in [-0.2, -0.15) is 0 Å². The first-order valence-electron chi connectivity index (χ1n) is 3.93. The molecule has 2 fully saturated rings. The second kappa shape index (κ2) is 2.40. The first-order valence-corrected chi connectivity index (χ1v) is 3.93. The lowest BCUT2D eigenvalue weighted by atomic mass is 9.81. The summed E-state index contributed by atoms with van der Waals surface area (Å²) in [5, 5.41) is 37.1. The van der Waals surface area contributed by atoms with Crippen LogP contribution in [-0.4, -0.2) is 57.0 Å². The average Bonchev–Trinajstić information content (AvgIpc) is 2.79. The van der Waals surface area contributed by atoms with E-state index in [0.717, 1.165) is 0 Å². The van der Waals surface area contributed by atoms with Gasteiger partial charge in [0.2, 0.25) is 0 Å². The van der Waals surface area contributed by atoms with Gasteiger partial charge in [-0.25, -0.2) is 0 Å². The molecule has 1 heterocycles. The number of rotatable bonds is 0. The van der Waals surface area contributed by atoms with Gasteiger partial charge < -0.3 is 25.2 Å². The molecule has 0 aromatic carbocycles. The molecule has 70 valence electrons. The largest absolute Gasteiger partial charge is 0.390 e. The molecule has 2 rings (SSSR count). The van der Waals surface area contributed by atoms with Crippen LogP contribution in [0.25, 0.3) is 0 Å². The van der Waals surface area contributed by atoms with Crippen molar-refractivity contribution in [2.75, 3.05) is 6.61 Å². The predicted octanol–water partition coefficient (Wildman–Crippen LogP) is -2.40. The van der Waals surface area contributed by atoms with Crippen molar-refractivity contribution in [3.05, 3.63) is 0 Å². The number of aliphatic hydroxyl groups is 4. The van der Waals surface area contributed by atoms with Gasteiger partial charge in [-0.05, 0) is 0 Å². The Hall–Kier alpha value is -0.200. The van der Waals surface area contributed by atoms with Crippen LogP contribution in [0.2, 0.25) is 0 Å². The van der Waals surface area contributed by atoms with Crippen molar-refractivity contribution >= 4 is 0 Å². The van der Waals surface area contributed by atoms with E-state index in [1.807, 2.05) is 0 Å². The summed E-state index contributed by atoms with van der Waals surface area (Å²) < 4.78 is 4.96. The van der Waals surface area contributed by atoms with E-state index >= 15 is 0 Å². The molecule has 5 nitrogen and oxygen atoms in total. The lowest BCUT2D eigenvalue weighted by molar-refractivity contribution is -0.162. The highest BCUT2D eigenvalue weighted by Crippen LogP contribution is 2.42. The van der Waals surface area contributed by atoms with E-state index in [9.17, 15) is 15.3 Å². The van der Waals surface area contributed by atoms with Crippen molar-refractivity contribution in [3.63, 3.8) is 0 Å². The molecule has 4 N–H and O–H groups in total. The molecule has 0 bridgehead atoms. The number of ether oxygens (including phenoxy) is 1. The summed E-state index contributed by atoms with van der Waals surface area (Å²) in [5.74, 6) is 0. The highest BCUT2D eigenvalue weighted by molar-refractivity contribution is 5.09. The molecular weight excluding hydrogens is 164 g/mol. The molecule has 0 aromatic heterocycles. The van der Waals surface area contributed by atoms with Crippen LogP contribution in [0, 0.1) is 0 Å². The van der Waals surface area contributed by atoms with Crippen molar-refractivity contribution in [1.29, 1.82) is 0 Å². The number of hydrogen-bond donors (Lipinski definition) is 4. The molecule has 12 heavy (non-hydrogen) atoms. The van der Waals surface area contributed by atoms with Gasteiger partial charge in [0.25, 0.3) is 0 Å². The molecule has 1 saturated carbocycles. The van der Waals surface area contributed by atoms with E-state index < -0.39 is 30.0 Å². The molecule has 1 saturated heterocycles. The minimum atomic E-state index is -1.31. The maximum atomic E-state index is 9.41. The van der Waals surface area contributed by atoms with Crippen LogP contribution < -0.4 is 0 Å². The molecular formula is C7H12O5. The quantitative estimate of drug-likeness (QED) is 0.309. The van der Waals surface area contributed by atoms with Crippen LogP contribution in [0.5, 0.6) is 0 Å². The van der Waals surface area contributed by atoms with Crippen LogP contribution in [0.15, 0.2) is 0 Å². The number of aliphatic hydroxyl groups excluding tert-OH is 4. The minimum absolute atomic E-state index is 0.187. The Morgan fingerprint density at radius 3 is 2.17 bits per heavy atom. The summed E-state index contributed by atoms with van der Waals surface area (Å²) >= 11 is 0. The maximum absolute atomic E-state index is 9.41. The van der Waals surface area contributed by atoms with Gasteiger partial charge in [-0.1, -0.05) is 0 Å². The van der Waals surface area contributed by atoms with Crippen LogP contribution in [0.3, 0.4) is 0 Å². The van der Waals surface area contributed by atoms with Crippen LogP contribution >= 0.6 is 0 Å². The molecule has 5 heteroatoms. The molecule has 1 spiro atoms. The van der Waals surface area contributed by atoms with Crippen LogP contribution in [0.4, 0.5) is 0 Å². The Bertz CT molecular complexity index is 190. The van der Waals surface area contributed by atoms with E-state index in [-0.39, 0.29) is 6.42 Å². The fraction of sp³-hybridized carbons (Fsp3) is 1.00. The van der Waals surface area contributed by atoms with E-state index in [4.69, 9.17) is 9.84 Å². The second-order valence-electron chi connectivity index (χ2n) is 3.55. The van der Waals surface area contributed by atoms with Crippen molar-refractivity contribution in [3.8, 4) is 0 Å². The van der Waals surface area contributed by atoms with Gasteiger partial charge in [0.1, 0.15) is 23.9 Å². The van der Waals surface area contributed by atoms with E-state index in [1.165, 1.54) is 0 Å². The Labute approximate surface area is 69.2 Å². The minimum Gasteiger partial charge on any atom is -0.390 e. The summed E-state index contributed by atoms with van der Waals surface area (Å²) in [6.45, 7) is 0.342. The average molecular weight is 176 g/mol. The van der Waals surface area contributed by atoms with Crippen molar-refractivity contribution in [2.24, 2.45) is 0 Å². The molecule has 5 unspecified atom stereocenters. The summed E-state index contributed by atoms with van der Waals surface area (Å²) in [6, 6.07) is 0. The lowest BCUT2D eigenvalue weighted by Crippen LogP contribution is -2.57. The monoisotopic (exact) mass is 176 g/mol. The van der Waals surface area contributed by atoms with Crippen LogP contribution in [-0.2, 0) is 4.74 Å². The number of hydrogen-bond acceptors (Lipinski definition) is 5. The highest BCUT2D eigenvalue weighted by Gasteiger charge is 2.60. The van der Waals surface area contributed by atoms with E-state index in [0.29, 0.717) is 6.61 Å². The van der Waals surface area contributed by atoms with Gasteiger partial charge in [0.15, 0.2) is 0 Å². The predicted molar refractivity (Wildman–Crippen MR) is 37.3 cm³/mol. The fourth-order valence-corrected chi connectivity index (χ4v) is 1.70. The number of epoxide rings is 1. The molecule has 0 aromatic rings. The lowest BCUT2D eigenvalue weighted by Gasteiger charge is -2.36. The van der Waals surface area contributed by atoms with Crippen molar-refractivity contribution < 1.29 is 25.2 Å². The zero-order valence-corrected chi connectivity index (χ0v) is 6.42. The van der Waals surface area contributed by atoms with Crippen LogP contribution in [0.1, 0.15) is 6.42 Å². The summed E-state index contributed by atoms with van der Waals surface area (Å²) in [4.78, 5) is 0. The molecule has 5 atom stereocenters. The third-order valence-corrected chi connectivity index (χ3v) is 2.68. The van der Waals surface area contributed by atoms with Gasteiger partial charge in [0, 0.05) is 6.42 Å². The van der Waals surface area contributed by atoms with Gasteiger partial charge in [0.05, 0.1) is 12.7 Å². The third-order valence-electron chi connectivity index (χ3n) is 2.68. The highest BCUT2D eigenvalue weighted by atomic mass is 16.6. The smallest absolute Gasteiger partial charge is 0.123 e. The second-order valence-corrected chi connectivity index (χ2v) is 3.55. The molecule has 2 aliphatic rings. The summed E-state index contributed by atoms with van der Waals surface area (Å²) in [7, 11) is 0.